The summed E-state index contributed by atoms with van der Waals surface area (Å²) >= 11 is 0. The molecule has 6 nitrogen and oxygen atoms in total. The highest BCUT2D eigenvalue weighted by Gasteiger charge is 2.11. The molecule has 0 fully saturated rings. The predicted molar refractivity (Wildman–Crippen MR) is 93.9 cm³/mol. The molecule has 3 rings (SSSR count). The van der Waals surface area contributed by atoms with Crippen LogP contribution in [0.1, 0.15) is 5.69 Å². The van der Waals surface area contributed by atoms with Crippen LogP contribution < -0.4 is 15.4 Å². The molecule has 0 aliphatic carbocycles. The van der Waals surface area contributed by atoms with Gasteiger partial charge >= 0.3 is 6.03 Å². The molecule has 25 heavy (non-hydrogen) atoms. The molecule has 0 radical (unpaired) electrons. The van der Waals surface area contributed by atoms with Crippen molar-refractivity contribution in [1.29, 1.82) is 0 Å². The van der Waals surface area contributed by atoms with E-state index in [0.29, 0.717) is 22.9 Å². The smallest absolute Gasteiger partial charge is 0.324 e. The number of carbonyl (C=O) groups is 1. The zero-order chi connectivity index (χ0) is 17.8. The highest BCUT2D eigenvalue weighted by atomic mass is 19.1. The second-order valence-corrected chi connectivity index (χ2v) is 5.37. The number of nitrogens with one attached hydrogen (secondary N) is 2. The third kappa shape index (κ3) is 3.95. The van der Waals surface area contributed by atoms with Gasteiger partial charge in [0, 0.05) is 11.8 Å². The van der Waals surface area contributed by atoms with E-state index in [9.17, 15) is 9.18 Å². The molecule has 0 spiro atoms. The lowest BCUT2D eigenvalue weighted by Crippen LogP contribution is -2.21. The average molecular weight is 340 g/mol. The van der Waals surface area contributed by atoms with Gasteiger partial charge < -0.3 is 10.1 Å². The molecule has 128 valence electrons. The largest absolute Gasteiger partial charge is 0.497 e. The van der Waals surface area contributed by atoms with Crippen LogP contribution in [-0.2, 0) is 0 Å². The summed E-state index contributed by atoms with van der Waals surface area (Å²) in [5.41, 5.74) is 2.00. The number of hydrogen-bond acceptors (Lipinski definition) is 3. The average Bonchev–Trinajstić information content (AvgIpc) is 2.96. The second kappa shape index (κ2) is 7.04. The first-order chi connectivity index (χ1) is 12.0. The Hall–Kier alpha value is -3.35. The number of hydrogen-bond donors (Lipinski definition) is 2. The number of halogens is 1. The lowest BCUT2D eigenvalue weighted by atomic mass is 10.3. The van der Waals surface area contributed by atoms with E-state index in [1.54, 1.807) is 54.3 Å². The Bertz CT molecular complexity index is 873. The SMILES string of the molecule is COc1ccc(NC(=O)Nc2cc(C)nn2-c2ccc(F)cc2)cc1. The van der Waals surface area contributed by atoms with Crippen LogP contribution in [0.2, 0.25) is 0 Å². The van der Waals surface area contributed by atoms with Crippen molar-refractivity contribution in [3.05, 3.63) is 66.1 Å². The summed E-state index contributed by atoms with van der Waals surface area (Å²) in [5, 5.41) is 9.81. The molecule has 0 unspecified atom stereocenters. The highest BCUT2D eigenvalue weighted by Crippen LogP contribution is 2.19. The fraction of sp³-hybridized carbons (Fsp3) is 0.111. The van der Waals surface area contributed by atoms with Crippen molar-refractivity contribution in [1.82, 2.24) is 9.78 Å². The number of aryl methyl sites for hydroxylation is 1. The quantitative estimate of drug-likeness (QED) is 0.755. The molecule has 1 heterocycles. The van der Waals surface area contributed by atoms with Gasteiger partial charge in [-0.25, -0.2) is 13.9 Å². The summed E-state index contributed by atoms with van der Waals surface area (Å²) in [4.78, 5) is 12.2. The Kier molecular flexibility index (Phi) is 4.65. The van der Waals surface area contributed by atoms with Crippen molar-refractivity contribution >= 4 is 17.5 Å². The van der Waals surface area contributed by atoms with E-state index in [1.807, 2.05) is 6.92 Å². The van der Waals surface area contributed by atoms with Gasteiger partial charge in [0.15, 0.2) is 0 Å². The summed E-state index contributed by atoms with van der Waals surface area (Å²) in [6.45, 7) is 1.81. The molecule has 0 saturated carbocycles. The number of nitrogens with zero attached hydrogens (tertiary/aromatic N) is 2. The van der Waals surface area contributed by atoms with Crippen molar-refractivity contribution in [2.75, 3.05) is 17.7 Å². The standard InChI is InChI=1S/C18H17FN4O2/c1-12-11-17(23(22-12)15-7-3-13(19)4-8-15)21-18(24)20-14-5-9-16(25-2)10-6-14/h3-11H,1-2H3,(H2,20,21,24). The maximum absolute atomic E-state index is 13.1. The minimum atomic E-state index is -0.409. The van der Waals surface area contributed by atoms with Crippen LogP contribution in [0.4, 0.5) is 20.7 Å². The predicted octanol–water partition coefficient (Wildman–Crippen LogP) is 3.97. The van der Waals surface area contributed by atoms with Crippen molar-refractivity contribution in [2.24, 2.45) is 0 Å². The highest BCUT2D eigenvalue weighted by molar-refractivity contribution is 5.99. The van der Waals surface area contributed by atoms with Crippen LogP contribution in [0.15, 0.2) is 54.6 Å². The van der Waals surface area contributed by atoms with Crippen LogP contribution in [-0.4, -0.2) is 22.9 Å². The molecule has 7 heteroatoms. The first-order valence-electron chi connectivity index (χ1n) is 7.60. The van der Waals surface area contributed by atoms with Crippen molar-refractivity contribution < 1.29 is 13.9 Å². The van der Waals surface area contributed by atoms with E-state index in [1.165, 1.54) is 12.1 Å². The maximum Gasteiger partial charge on any atom is 0.324 e. The van der Waals surface area contributed by atoms with E-state index >= 15 is 0 Å². The summed E-state index contributed by atoms with van der Waals surface area (Å²) in [6, 6.07) is 14.2. The number of methoxy groups -OCH3 is 1. The van der Waals surface area contributed by atoms with Gasteiger partial charge in [-0.3, -0.25) is 5.32 Å². The summed E-state index contributed by atoms with van der Waals surface area (Å²) in [5.74, 6) is 0.852. The van der Waals surface area contributed by atoms with Gasteiger partial charge in [-0.2, -0.15) is 5.10 Å². The van der Waals surface area contributed by atoms with Gasteiger partial charge in [-0.05, 0) is 55.5 Å². The zero-order valence-corrected chi connectivity index (χ0v) is 13.8. The van der Waals surface area contributed by atoms with E-state index in [0.717, 1.165) is 5.69 Å². The monoisotopic (exact) mass is 340 g/mol. The van der Waals surface area contributed by atoms with Gasteiger partial charge in [0.25, 0.3) is 0 Å². The minimum Gasteiger partial charge on any atom is -0.497 e. The van der Waals surface area contributed by atoms with Gasteiger partial charge in [0.1, 0.15) is 17.4 Å². The van der Waals surface area contributed by atoms with E-state index in [-0.39, 0.29) is 5.82 Å². The van der Waals surface area contributed by atoms with Gasteiger partial charge in [0.05, 0.1) is 18.5 Å². The lowest BCUT2D eigenvalue weighted by Gasteiger charge is -2.10. The molecule has 2 N–H and O–H groups in total. The van der Waals surface area contributed by atoms with Crippen molar-refractivity contribution in [2.45, 2.75) is 6.92 Å². The summed E-state index contributed by atoms with van der Waals surface area (Å²) in [6.07, 6.45) is 0. The minimum absolute atomic E-state index is 0.334. The number of amides is 2. The Morgan fingerprint density at radius 2 is 1.76 bits per heavy atom. The number of carbonyl (C=O) groups excluding carboxylic acids is 1. The Morgan fingerprint density at radius 3 is 2.40 bits per heavy atom. The maximum atomic E-state index is 13.1. The van der Waals surface area contributed by atoms with E-state index < -0.39 is 6.03 Å². The Morgan fingerprint density at radius 1 is 1.08 bits per heavy atom. The summed E-state index contributed by atoms with van der Waals surface area (Å²) < 4.78 is 19.7. The van der Waals surface area contributed by atoms with Gasteiger partial charge in [-0.15, -0.1) is 0 Å². The molecule has 0 bridgehead atoms. The topological polar surface area (TPSA) is 68.2 Å². The van der Waals surface area contributed by atoms with Crippen LogP contribution in [0.3, 0.4) is 0 Å². The van der Waals surface area contributed by atoms with Crippen LogP contribution in [0.5, 0.6) is 5.75 Å². The molecule has 2 amide bonds. The van der Waals surface area contributed by atoms with Gasteiger partial charge in [-0.1, -0.05) is 0 Å². The molecular formula is C18H17FN4O2. The number of benzene rings is 2. The third-order valence-corrected chi connectivity index (χ3v) is 3.49. The van der Waals surface area contributed by atoms with E-state index in [2.05, 4.69) is 15.7 Å². The number of aromatic nitrogens is 2. The Balaban J connectivity index is 1.75. The third-order valence-electron chi connectivity index (χ3n) is 3.49. The zero-order valence-electron chi connectivity index (χ0n) is 13.8. The van der Waals surface area contributed by atoms with Crippen LogP contribution in [0, 0.1) is 12.7 Å². The van der Waals surface area contributed by atoms with Crippen LogP contribution >= 0.6 is 0 Å². The molecule has 0 atom stereocenters. The first-order valence-corrected chi connectivity index (χ1v) is 7.60. The number of anilines is 2. The fourth-order valence-corrected chi connectivity index (χ4v) is 2.32. The van der Waals surface area contributed by atoms with Crippen molar-refractivity contribution in [3.8, 4) is 11.4 Å². The van der Waals surface area contributed by atoms with Gasteiger partial charge in [0.2, 0.25) is 0 Å². The van der Waals surface area contributed by atoms with Crippen molar-refractivity contribution in [3.63, 3.8) is 0 Å². The molecular weight excluding hydrogens is 323 g/mol. The number of ether oxygens (including phenoxy) is 1. The van der Waals surface area contributed by atoms with Crippen LogP contribution in [0.25, 0.3) is 5.69 Å². The molecule has 0 aliphatic heterocycles. The lowest BCUT2D eigenvalue weighted by molar-refractivity contribution is 0.262. The normalized spacial score (nSPS) is 10.4. The van der Waals surface area contributed by atoms with E-state index in [4.69, 9.17) is 4.74 Å². The second-order valence-electron chi connectivity index (χ2n) is 5.37. The molecule has 2 aromatic carbocycles. The molecule has 0 aliphatic rings. The summed E-state index contributed by atoms with van der Waals surface area (Å²) in [7, 11) is 1.58. The molecule has 3 aromatic rings. The molecule has 0 saturated heterocycles. The molecule has 1 aromatic heterocycles. The first kappa shape index (κ1) is 16.5. The Labute approximate surface area is 144 Å². The number of urea groups is 1. The fourth-order valence-electron chi connectivity index (χ4n) is 2.32. The number of rotatable bonds is 4.